The SMILES string of the molecule is Cc1cc(C=C2C(=O)N(C)C(=S)N(C)C2=O)c(C)n1-c1ccc2ccccc2c1. The van der Waals surface area contributed by atoms with Crippen molar-refractivity contribution in [1.82, 2.24) is 14.4 Å². The number of carbonyl (C=O) groups excluding carboxylic acids is 2. The highest BCUT2D eigenvalue weighted by molar-refractivity contribution is 7.80. The number of hydrogen-bond donors (Lipinski definition) is 0. The predicted octanol–water partition coefficient (Wildman–Crippen LogP) is 3.85. The normalized spacial score (nSPS) is 14.9. The zero-order chi connectivity index (χ0) is 20.9. The standard InChI is InChI=1S/C23H21N3O2S/c1-14-11-18(13-20-21(27)24(3)23(29)25(4)22(20)28)15(2)26(14)19-10-9-16-7-5-6-8-17(16)12-19/h5-13H,1-4H3. The number of carbonyl (C=O) groups is 2. The minimum atomic E-state index is -0.381. The van der Waals surface area contributed by atoms with Crippen molar-refractivity contribution < 1.29 is 9.59 Å². The van der Waals surface area contributed by atoms with E-state index < -0.39 is 0 Å². The van der Waals surface area contributed by atoms with Crippen LogP contribution >= 0.6 is 12.2 Å². The first-order chi connectivity index (χ1) is 13.8. The first-order valence-electron chi connectivity index (χ1n) is 9.29. The van der Waals surface area contributed by atoms with Crippen molar-refractivity contribution >= 4 is 46.0 Å². The summed E-state index contributed by atoms with van der Waals surface area (Å²) in [5.41, 5.74) is 3.98. The molecule has 0 spiro atoms. The van der Waals surface area contributed by atoms with Gasteiger partial charge in [0.05, 0.1) is 0 Å². The van der Waals surface area contributed by atoms with E-state index in [0.29, 0.717) is 0 Å². The lowest BCUT2D eigenvalue weighted by molar-refractivity contribution is -0.132. The van der Waals surface area contributed by atoms with Gasteiger partial charge in [0.25, 0.3) is 11.8 Å². The first kappa shape index (κ1) is 19.1. The van der Waals surface area contributed by atoms with Crippen LogP contribution in [0.25, 0.3) is 22.5 Å². The third kappa shape index (κ3) is 3.06. The third-order valence-electron chi connectivity index (χ3n) is 5.41. The van der Waals surface area contributed by atoms with E-state index in [1.165, 1.54) is 15.2 Å². The summed E-state index contributed by atoms with van der Waals surface area (Å²) >= 11 is 5.15. The largest absolute Gasteiger partial charge is 0.318 e. The molecule has 4 rings (SSSR count). The number of likely N-dealkylation sites (N-methyl/N-ethyl adjacent to an activating group) is 2. The molecule has 1 aliphatic rings. The molecule has 3 aromatic rings. The summed E-state index contributed by atoms with van der Waals surface area (Å²) in [4.78, 5) is 27.9. The van der Waals surface area contributed by atoms with Gasteiger partial charge in [-0.25, -0.2) is 0 Å². The van der Waals surface area contributed by atoms with Crippen LogP contribution in [0.3, 0.4) is 0 Å². The second kappa shape index (κ2) is 6.97. The Morgan fingerprint density at radius 2 is 1.48 bits per heavy atom. The van der Waals surface area contributed by atoms with Crippen molar-refractivity contribution in [2.24, 2.45) is 0 Å². The number of aryl methyl sites for hydroxylation is 1. The molecule has 29 heavy (non-hydrogen) atoms. The molecule has 1 saturated heterocycles. The molecule has 0 radical (unpaired) electrons. The van der Waals surface area contributed by atoms with Gasteiger partial charge in [-0.1, -0.05) is 30.3 Å². The zero-order valence-electron chi connectivity index (χ0n) is 16.8. The van der Waals surface area contributed by atoms with E-state index in [0.717, 1.165) is 28.0 Å². The zero-order valence-corrected chi connectivity index (χ0v) is 17.6. The van der Waals surface area contributed by atoms with Crippen LogP contribution in [0.4, 0.5) is 0 Å². The molecule has 0 aliphatic carbocycles. The fraction of sp³-hybridized carbons (Fsp3) is 0.174. The first-order valence-corrected chi connectivity index (χ1v) is 9.70. The van der Waals surface area contributed by atoms with Crippen LogP contribution in [0.15, 0.2) is 54.1 Å². The number of amides is 2. The van der Waals surface area contributed by atoms with E-state index in [4.69, 9.17) is 12.2 Å². The average Bonchev–Trinajstić information content (AvgIpc) is 3.00. The fourth-order valence-electron chi connectivity index (χ4n) is 3.78. The molecule has 146 valence electrons. The molecule has 6 heteroatoms. The van der Waals surface area contributed by atoms with Crippen LogP contribution in [-0.2, 0) is 9.59 Å². The van der Waals surface area contributed by atoms with Gasteiger partial charge in [0.2, 0.25) is 0 Å². The van der Waals surface area contributed by atoms with Crippen LogP contribution in [-0.4, -0.2) is 45.4 Å². The van der Waals surface area contributed by atoms with Crippen molar-refractivity contribution in [2.75, 3.05) is 14.1 Å². The Kier molecular flexibility index (Phi) is 4.59. The Bertz CT molecular complexity index is 1200. The lowest BCUT2D eigenvalue weighted by Gasteiger charge is -2.31. The monoisotopic (exact) mass is 403 g/mol. The predicted molar refractivity (Wildman–Crippen MR) is 119 cm³/mol. The molecule has 0 atom stereocenters. The molecular formula is C23H21N3O2S. The van der Waals surface area contributed by atoms with Gasteiger partial charge in [-0.15, -0.1) is 0 Å². The molecular weight excluding hydrogens is 382 g/mol. The Morgan fingerprint density at radius 3 is 2.14 bits per heavy atom. The summed E-state index contributed by atoms with van der Waals surface area (Å²) in [6.07, 6.45) is 1.67. The van der Waals surface area contributed by atoms with Crippen LogP contribution in [0.2, 0.25) is 0 Å². The van der Waals surface area contributed by atoms with Gasteiger partial charge in [0.1, 0.15) is 5.57 Å². The smallest absolute Gasteiger partial charge is 0.265 e. The summed E-state index contributed by atoms with van der Waals surface area (Å²) in [6.45, 7) is 4.01. The molecule has 5 nitrogen and oxygen atoms in total. The summed E-state index contributed by atoms with van der Waals surface area (Å²) < 4.78 is 2.13. The summed E-state index contributed by atoms with van der Waals surface area (Å²) in [5, 5.41) is 2.55. The minimum absolute atomic E-state index is 0.113. The lowest BCUT2D eigenvalue weighted by Crippen LogP contribution is -2.52. The van der Waals surface area contributed by atoms with Crippen molar-refractivity contribution in [2.45, 2.75) is 13.8 Å². The Balaban J connectivity index is 1.81. The molecule has 1 aliphatic heterocycles. The van der Waals surface area contributed by atoms with Crippen LogP contribution in [0, 0.1) is 13.8 Å². The third-order valence-corrected chi connectivity index (χ3v) is 5.95. The Morgan fingerprint density at radius 1 is 0.862 bits per heavy atom. The highest BCUT2D eigenvalue weighted by atomic mass is 32.1. The number of fused-ring (bicyclic) bond motifs is 1. The average molecular weight is 404 g/mol. The van der Waals surface area contributed by atoms with Crippen LogP contribution in [0.1, 0.15) is 17.0 Å². The van der Waals surface area contributed by atoms with Crippen molar-refractivity contribution in [1.29, 1.82) is 0 Å². The van der Waals surface area contributed by atoms with E-state index in [-0.39, 0.29) is 22.5 Å². The quantitative estimate of drug-likeness (QED) is 0.371. The van der Waals surface area contributed by atoms with Gasteiger partial charge in [0, 0.05) is 31.2 Å². The fourth-order valence-corrected chi connectivity index (χ4v) is 3.94. The van der Waals surface area contributed by atoms with Crippen LogP contribution in [0.5, 0.6) is 0 Å². The molecule has 1 aromatic heterocycles. The van der Waals surface area contributed by atoms with Gasteiger partial charge in [-0.2, -0.15) is 0 Å². The van der Waals surface area contributed by atoms with Gasteiger partial charge in [0.15, 0.2) is 5.11 Å². The van der Waals surface area contributed by atoms with E-state index in [1.54, 1.807) is 20.2 Å². The van der Waals surface area contributed by atoms with E-state index in [2.05, 4.69) is 34.9 Å². The molecule has 2 heterocycles. The molecule has 0 saturated carbocycles. The van der Waals surface area contributed by atoms with E-state index >= 15 is 0 Å². The van der Waals surface area contributed by atoms with Crippen molar-refractivity contribution in [3.63, 3.8) is 0 Å². The molecule has 2 aromatic carbocycles. The molecule has 0 N–H and O–H groups in total. The van der Waals surface area contributed by atoms with E-state index in [1.807, 2.05) is 32.0 Å². The highest BCUT2D eigenvalue weighted by Gasteiger charge is 2.35. The van der Waals surface area contributed by atoms with Gasteiger partial charge in [-0.3, -0.25) is 19.4 Å². The van der Waals surface area contributed by atoms with Gasteiger partial charge >= 0.3 is 0 Å². The Labute approximate surface area is 174 Å². The Hall–Kier alpha value is -3.25. The molecule has 2 amide bonds. The second-order valence-electron chi connectivity index (χ2n) is 7.26. The second-order valence-corrected chi connectivity index (χ2v) is 7.63. The number of aromatic nitrogens is 1. The maximum Gasteiger partial charge on any atom is 0.265 e. The molecule has 0 bridgehead atoms. The minimum Gasteiger partial charge on any atom is -0.318 e. The topological polar surface area (TPSA) is 45.6 Å². The van der Waals surface area contributed by atoms with Crippen molar-refractivity contribution in [3.8, 4) is 5.69 Å². The maximum absolute atomic E-state index is 12.6. The van der Waals surface area contributed by atoms with Crippen LogP contribution < -0.4 is 0 Å². The number of benzene rings is 2. The van der Waals surface area contributed by atoms with E-state index in [9.17, 15) is 9.59 Å². The number of nitrogens with zero attached hydrogens (tertiary/aromatic N) is 3. The summed E-state index contributed by atoms with van der Waals surface area (Å²) in [5.74, 6) is -0.762. The van der Waals surface area contributed by atoms with Gasteiger partial charge < -0.3 is 4.57 Å². The number of thiocarbonyl (C=S) groups is 1. The molecule has 0 unspecified atom stereocenters. The number of hydrogen-bond acceptors (Lipinski definition) is 3. The van der Waals surface area contributed by atoms with Gasteiger partial charge in [-0.05, 0) is 66.7 Å². The highest BCUT2D eigenvalue weighted by Crippen LogP contribution is 2.27. The summed E-state index contributed by atoms with van der Waals surface area (Å²) in [6, 6.07) is 16.5. The summed E-state index contributed by atoms with van der Waals surface area (Å²) in [7, 11) is 3.17. The lowest BCUT2D eigenvalue weighted by atomic mass is 10.1. The maximum atomic E-state index is 12.6. The molecule has 1 fully saturated rings. The number of rotatable bonds is 2. The van der Waals surface area contributed by atoms with Crippen molar-refractivity contribution in [3.05, 3.63) is 71.1 Å².